The molecule has 100 valence electrons. The highest BCUT2D eigenvalue weighted by Gasteiger charge is 2.17. The molecular weight excluding hydrogens is 229 g/mol. The summed E-state index contributed by atoms with van der Waals surface area (Å²) in [6, 6.07) is 5.10. The van der Waals surface area contributed by atoms with E-state index in [-0.39, 0.29) is 11.9 Å². The van der Waals surface area contributed by atoms with Gasteiger partial charge in [-0.2, -0.15) is 0 Å². The second-order valence-electron chi connectivity index (χ2n) is 5.15. The molecule has 1 fully saturated rings. The van der Waals surface area contributed by atoms with Crippen LogP contribution in [-0.2, 0) is 0 Å². The Bertz CT molecular complexity index is 390. The number of rotatable bonds is 6. The second-order valence-corrected chi connectivity index (χ2v) is 5.15. The highest BCUT2D eigenvalue weighted by atomic mass is 19.1. The Morgan fingerprint density at radius 3 is 2.78 bits per heavy atom. The second kappa shape index (κ2) is 6.19. The first kappa shape index (κ1) is 13.3. The fourth-order valence-corrected chi connectivity index (χ4v) is 2.38. The summed E-state index contributed by atoms with van der Waals surface area (Å²) in [4.78, 5) is 0. The van der Waals surface area contributed by atoms with E-state index in [9.17, 15) is 4.39 Å². The topological polar surface area (TPSA) is 21.3 Å². The van der Waals surface area contributed by atoms with Gasteiger partial charge in [-0.3, -0.25) is 0 Å². The number of nitrogens with one attached hydrogen (secondary N) is 1. The van der Waals surface area contributed by atoms with E-state index in [0.717, 1.165) is 12.5 Å². The number of halogens is 1. The van der Waals surface area contributed by atoms with Crippen molar-refractivity contribution in [3.8, 4) is 5.75 Å². The van der Waals surface area contributed by atoms with Crippen molar-refractivity contribution in [2.75, 3.05) is 13.7 Å². The minimum absolute atomic E-state index is 0.0518. The van der Waals surface area contributed by atoms with E-state index in [2.05, 4.69) is 5.32 Å². The predicted molar refractivity (Wildman–Crippen MR) is 71.3 cm³/mol. The Kier molecular flexibility index (Phi) is 4.59. The summed E-state index contributed by atoms with van der Waals surface area (Å²) in [5.41, 5.74) is 0.712. The van der Waals surface area contributed by atoms with E-state index in [4.69, 9.17) is 4.74 Å². The third-order valence-corrected chi connectivity index (χ3v) is 3.90. The lowest BCUT2D eigenvalue weighted by atomic mass is 9.83. The minimum atomic E-state index is -0.196. The van der Waals surface area contributed by atoms with Crippen molar-refractivity contribution in [2.45, 2.75) is 38.6 Å². The van der Waals surface area contributed by atoms with Crippen LogP contribution in [0.2, 0.25) is 0 Å². The maximum Gasteiger partial charge on any atom is 0.131 e. The first-order chi connectivity index (χ1) is 8.70. The molecule has 0 aliphatic heterocycles. The van der Waals surface area contributed by atoms with E-state index in [1.54, 1.807) is 13.2 Å². The Labute approximate surface area is 109 Å². The van der Waals surface area contributed by atoms with Crippen molar-refractivity contribution in [1.29, 1.82) is 0 Å². The van der Waals surface area contributed by atoms with Gasteiger partial charge in [0.25, 0.3) is 0 Å². The zero-order valence-electron chi connectivity index (χ0n) is 11.2. The first-order valence-electron chi connectivity index (χ1n) is 6.77. The van der Waals surface area contributed by atoms with E-state index in [0.29, 0.717) is 11.3 Å². The largest absolute Gasteiger partial charge is 0.497 e. The van der Waals surface area contributed by atoms with Crippen molar-refractivity contribution < 1.29 is 9.13 Å². The standard InChI is InChI=1S/C15H22FNO/c1-11(17-9-8-12-4-3-5-12)14-7-6-13(18-2)10-15(14)16/h6-7,10-12,17H,3-5,8-9H2,1-2H3. The van der Waals surface area contributed by atoms with E-state index >= 15 is 0 Å². The van der Waals surface area contributed by atoms with Gasteiger partial charge >= 0.3 is 0 Å². The molecule has 2 rings (SSSR count). The lowest BCUT2D eigenvalue weighted by molar-refractivity contribution is 0.288. The van der Waals surface area contributed by atoms with Crippen molar-refractivity contribution in [1.82, 2.24) is 5.32 Å². The van der Waals surface area contributed by atoms with Crippen LogP contribution >= 0.6 is 0 Å². The van der Waals surface area contributed by atoms with Gasteiger partial charge < -0.3 is 10.1 Å². The SMILES string of the molecule is COc1ccc(C(C)NCCC2CCC2)c(F)c1. The van der Waals surface area contributed by atoms with E-state index < -0.39 is 0 Å². The number of methoxy groups -OCH3 is 1. The van der Waals surface area contributed by atoms with Crippen LogP contribution < -0.4 is 10.1 Å². The smallest absolute Gasteiger partial charge is 0.131 e. The molecule has 1 atom stereocenters. The summed E-state index contributed by atoms with van der Waals surface area (Å²) in [7, 11) is 1.55. The van der Waals surface area contributed by atoms with Crippen LogP contribution in [0.3, 0.4) is 0 Å². The number of ether oxygens (including phenoxy) is 1. The van der Waals surface area contributed by atoms with Crippen LogP contribution in [0.4, 0.5) is 4.39 Å². The quantitative estimate of drug-likeness (QED) is 0.832. The molecule has 3 heteroatoms. The highest BCUT2D eigenvalue weighted by molar-refractivity contribution is 5.30. The molecule has 1 unspecified atom stereocenters. The van der Waals surface area contributed by atoms with Gasteiger partial charge in [-0.1, -0.05) is 25.3 Å². The van der Waals surface area contributed by atoms with Crippen LogP contribution in [0.1, 0.15) is 44.2 Å². The third kappa shape index (κ3) is 3.22. The molecule has 0 heterocycles. The molecule has 1 N–H and O–H groups in total. The van der Waals surface area contributed by atoms with Crippen molar-refractivity contribution in [2.24, 2.45) is 5.92 Å². The van der Waals surface area contributed by atoms with Crippen LogP contribution in [0.15, 0.2) is 18.2 Å². The van der Waals surface area contributed by atoms with Gasteiger partial charge in [-0.15, -0.1) is 0 Å². The van der Waals surface area contributed by atoms with E-state index in [1.807, 2.05) is 13.0 Å². The number of hydrogen-bond acceptors (Lipinski definition) is 2. The molecule has 2 nitrogen and oxygen atoms in total. The molecule has 18 heavy (non-hydrogen) atoms. The Morgan fingerprint density at radius 2 is 2.22 bits per heavy atom. The van der Waals surface area contributed by atoms with Gasteiger partial charge in [0.1, 0.15) is 11.6 Å². The highest BCUT2D eigenvalue weighted by Crippen LogP contribution is 2.29. The molecule has 0 bridgehead atoms. The predicted octanol–water partition coefficient (Wildman–Crippen LogP) is 3.68. The molecule has 1 saturated carbocycles. The normalized spacial score (nSPS) is 17.3. The molecule has 1 aliphatic carbocycles. The summed E-state index contributed by atoms with van der Waals surface area (Å²) in [6.45, 7) is 2.98. The molecule has 0 spiro atoms. The summed E-state index contributed by atoms with van der Waals surface area (Å²) >= 11 is 0. The van der Waals surface area contributed by atoms with Crippen molar-refractivity contribution >= 4 is 0 Å². The van der Waals surface area contributed by atoms with Gasteiger partial charge in [0, 0.05) is 17.7 Å². The zero-order chi connectivity index (χ0) is 13.0. The molecule has 0 radical (unpaired) electrons. The fourth-order valence-electron chi connectivity index (χ4n) is 2.38. The van der Waals surface area contributed by atoms with Crippen molar-refractivity contribution in [3.63, 3.8) is 0 Å². The number of hydrogen-bond donors (Lipinski definition) is 1. The Morgan fingerprint density at radius 1 is 1.44 bits per heavy atom. The summed E-state index contributed by atoms with van der Waals surface area (Å²) in [5.74, 6) is 1.27. The zero-order valence-corrected chi connectivity index (χ0v) is 11.2. The Balaban J connectivity index is 1.85. The van der Waals surface area contributed by atoms with Gasteiger partial charge in [-0.05, 0) is 31.9 Å². The van der Waals surface area contributed by atoms with Gasteiger partial charge in [0.05, 0.1) is 7.11 Å². The monoisotopic (exact) mass is 251 g/mol. The van der Waals surface area contributed by atoms with Gasteiger partial charge in [0.2, 0.25) is 0 Å². The molecule has 1 aliphatic rings. The molecular formula is C15H22FNO. The summed E-state index contributed by atoms with van der Waals surface area (Å²) in [5, 5.41) is 3.40. The third-order valence-electron chi connectivity index (χ3n) is 3.90. The first-order valence-corrected chi connectivity index (χ1v) is 6.77. The number of benzene rings is 1. The lowest BCUT2D eigenvalue weighted by Gasteiger charge is -2.26. The molecule has 0 saturated heterocycles. The minimum Gasteiger partial charge on any atom is -0.497 e. The van der Waals surface area contributed by atoms with Crippen LogP contribution in [0, 0.1) is 11.7 Å². The summed E-state index contributed by atoms with van der Waals surface area (Å²) < 4.78 is 18.8. The van der Waals surface area contributed by atoms with Crippen LogP contribution in [-0.4, -0.2) is 13.7 Å². The average Bonchev–Trinajstić information content (AvgIpc) is 2.31. The lowest BCUT2D eigenvalue weighted by Crippen LogP contribution is -2.24. The van der Waals surface area contributed by atoms with Gasteiger partial charge in [-0.25, -0.2) is 4.39 Å². The molecule has 0 amide bonds. The molecule has 0 aromatic heterocycles. The average molecular weight is 251 g/mol. The fraction of sp³-hybridized carbons (Fsp3) is 0.600. The summed E-state index contributed by atoms with van der Waals surface area (Å²) in [6.07, 6.45) is 5.33. The molecule has 1 aromatic carbocycles. The molecule has 1 aromatic rings. The van der Waals surface area contributed by atoms with Gasteiger partial charge in [0.15, 0.2) is 0 Å². The Hall–Kier alpha value is -1.09. The van der Waals surface area contributed by atoms with Crippen LogP contribution in [0.5, 0.6) is 5.75 Å². The van der Waals surface area contributed by atoms with Crippen LogP contribution in [0.25, 0.3) is 0 Å². The maximum absolute atomic E-state index is 13.8. The van der Waals surface area contributed by atoms with E-state index in [1.165, 1.54) is 31.7 Å². The maximum atomic E-state index is 13.8. The van der Waals surface area contributed by atoms with Crippen molar-refractivity contribution in [3.05, 3.63) is 29.6 Å².